The number of halogens is 1. The van der Waals surface area contributed by atoms with Crippen LogP contribution in [-0.2, 0) is 7.05 Å². The van der Waals surface area contributed by atoms with E-state index in [4.69, 9.17) is 11.6 Å². The lowest BCUT2D eigenvalue weighted by Crippen LogP contribution is -2.27. The summed E-state index contributed by atoms with van der Waals surface area (Å²) in [4.78, 5) is 17.1. The third-order valence-corrected chi connectivity index (χ3v) is 4.64. The van der Waals surface area contributed by atoms with E-state index in [1.165, 1.54) is 0 Å². The SMILES string of the molecule is Cc1nn(C)c(C)c1C(C)NC(=O)c1ccc(Cl)c2cccnc12. The van der Waals surface area contributed by atoms with Crippen molar-refractivity contribution in [2.24, 2.45) is 7.05 Å². The van der Waals surface area contributed by atoms with Crippen molar-refractivity contribution < 1.29 is 4.79 Å². The van der Waals surface area contributed by atoms with Crippen LogP contribution in [0.1, 0.15) is 40.3 Å². The Labute approximate surface area is 145 Å². The van der Waals surface area contributed by atoms with Gasteiger partial charge in [0.15, 0.2) is 0 Å². The Morgan fingerprint density at radius 2 is 2.04 bits per heavy atom. The molecule has 0 saturated heterocycles. The average molecular weight is 343 g/mol. The summed E-state index contributed by atoms with van der Waals surface area (Å²) in [5, 5.41) is 8.81. The van der Waals surface area contributed by atoms with Gasteiger partial charge in [0, 0.05) is 29.9 Å². The largest absolute Gasteiger partial charge is 0.345 e. The Kier molecular flexibility index (Phi) is 4.28. The molecule has 0 aliphatic rings. The topological polar surface area (TPSA) is 59.8 Å². The van der Waals surface area contributed by atoms with Gasteiger partial charge in [0.1, 0.15) is 0 Å². The molecule has 24 heavy (non-hydrogen) atoms. The molecule has 1 atom stereocenters. The summed E-state index contributed by atoms with van der Waals surface area (Å²) in [6.45, 7) is 5.90. The average Bonchev–Trinajstić information content (AvgIpc) is 2.80. The lowest BCUT2D eigenvalue weighted by molar-refractivity contribution is 0.0941. The smallest absolute Gasteiger partial charge is 0.253 e. The van der Waals surface area contributed by atoms with Crippen molar-refractivity contribution in [3.8, 4) is 0 Å². The molecular weight excluding hydrogens is 324 g/mol. The summed E-state index contributed by atoms with van der Waals surface area (Å²) < 4.78 is 1.83. The second-order valence-corrected chi connectivity index (χ2v) is 6.30. The number of rotatable bonds is 3. The molecule has 124 valence electrons. The number of aryl methyl sites for hydroxylation is 2. The molecule has 2 aromatic heterocycles. The van der Waals surface area contributed by atoms with Crippen molar-refractivity contribution in [1.82, 2.24) is 20.1 Å². The molecule has 0 saturated carbocycles. The zero-order chi connectivity index (χ0) is 17.4. The first-order valence-electron chi connectivity index (χ1n) is 7.74. The van der Waals surface area contributed by atoms with Gasteiger partial charge >= 0.3 is 0 Å². The van der Waals surface area contributed by atoms with Crippen LogP contribution in [0.15, 0.2) is 30.5 Å². The minimum absolute atomic E-state index is 0.152. The number of carbonyl (C=O) groups is 1. The van der Waals surface area contributed by atoms with Gasteiger partial charge in [-0.1, -0.05) is 11.6 Å². The van der Waals surface area contributed by atoms with Gasteiger partial charge in [-0.2, -0.15) is 5.10 Å². The monoisotopic (exact) mass is 342 g/mol. The van der Waals surface area contributed by atoms with E-state index in [9.17, 15) is 4.79 Å². The Bertz CT molecular complexity index is 932. The Balaban J connectivity index is 1.95. The summed E-state index contributed by atoms with van der Waals surface area (Å²) in [7, 11) is 1.90. The normalized spacial score (nSPS) is 12.4. The lowest BCUT2D eigenvalue weighted by Gasteiger charge is -2.16. The number of hydrogen-bond acceptors (Lipinski definition) is 3. The molecule has 0 fully saturated rings. The first-order valence-corrected chi connectivity index (χ1v) is 8.12. The van der Waals surface area contributed by atoms with Crippen LogP contribution in [0.4, 0.5) is 0 Å². The molecule has 0 aliphatic carbocycles. The summed E-state index contributed by atoms with van der Waals surface area (Å²) in [6, 6.07) is 6.95. The number of pyridine rings is 1. The first-order chi connectivity index (χ1) is 11.4. The highest BCUT2D eigenvalue weighted by atomic mass is 35.5. The van der Waals surface area contributed by atoms with Gasteiger partial charge in [-0.25, -0.2) is 0 Å². The molecule has 3 rings (SSSR count). The zero-order valence-corrected chi connectivity index (χ0v) is 14.8. The number of nitrogens with zero attached hydrogens (tertiary/aromatic N) is 3. The molecule has 1 unspecified atom stereocenters. The number of fused-ring (bicyclic) bond motifs is 1. The number of carbonyl (C=O) groups excluding carboxylic acids is 1. The molecule has 0 radical (unpaired) electrons. The third kappa shape index (κ3) is 2.76. The van der Waals surface area contributed by atoms with E-state index in [-0.39, 0.29) is 11.9 Å². The fourth-order valence-corrected chi connectivity index (χ4v) is 3.30. The summed E-state index contributed by atoms with van der Waals surface area (Å²) >= 11 is 6.20. The van der Waals surface area contributed by atoms with E-state index < -0.39 is 0 Å². The minimum Gasteiger partial charge on any atom is -0.345 e. The molecule has 0 aliphatic heterocycles. The molecular formula is C18H19ClN4O. The Morgan fingerprint density at radius 3 is 2.71 bits per heavy atom. The highest BCUT2D eigenvalue weighted by Crippen LogP contribution is 2.26. The molecule has 3 aromatic rings. The second-order valence-electron chi connectivity index (χ2n) is 5.90. The van der Waals surface area contributed by atoms with E-state index in [2.05, 4.69) is 15.4 Å². The van der Waals surface area contributed by atoms with E-state index in [0.29, 0.717) is 16.1 Å². The van der Waals surface area contributed by atoms with E-state index >= 15 is 0 Å². The highest BCUT2D eigenvalue weighted by Gasteiger charge is 2.20. The maximum absolute atomic E-state index is 12.8. The van der Waals surface area contributed by atoms with Crippen LogP contribution in [0.25, 0.3) is 10.9 Å². The number of nitrogens with one attached hydrogen (secondary N) is 1. The summed E-state index contributed by atoms with van der Waals surface area (Å²) in [5.74, 6) is -0.175. The van der Waals surface area contributed by atoms with Crippen molar-refractivity contribution in [2.45, 2.75) is 26.8 Å². The highest BCUT2D eigenvalue weighted by molar-refractivity contribution is 6.36. The van der Waals surface area contributed by atoms with Gasteiger partial charge in [0.2, 0.25) is 0 Å². The van der Waals surface area contributed by atoms with Crippen LogP contribution < -0.4 is 5.32 Å². The minimum atomic E-state index is -0.175. The van der Waals surface area contributed by atoms with Crippen molar-refractivity contribution in [2.75, 3.05) is 0 Å². The van der Waals surface area contributed by atoms with Gasteiger partial charge in [-0.15, -0.1) is 0 Å². The molecule has 0 bridgehead atoms. The molecule has 1 amide bonds. The van der Waals surface area contributed by atoms with Gasteiger partial charge in [-0.3, -0.25) is 14.5 Å². The summed E-state index contributed by atoms with van der Waals surface area (Å²) in [5.41, 5.74) is 4.12. The number of aromatic nitrogens is 3. The quantitative estimate of drug-likeness (QED) is 0.789. The van der Waals surface area contributed by atoms with E-state index in [0.717, 1.165) is 22.3 Å². The maximum Gasteiger partial charge on any atom is 0.253 e. The second kappa shape index (κ2) is 6.24. The van der Waals surface area contributed by atoms with Gasteiger partial charge < -0.3 is 5.32 Å². The molecule has 2 heterocycles. The molecule has 5 nitrogen and oxygen atoms in total. The zero-order valence-electron chi connectivity index (χ0n) is 14.1. The maximum atomic E-state index is 12.8. The Hall–Kier alpha value is -2.40. The van der Waals surface area contributed by atoms with Crippen LogP contribution >= 0.6 is 11.6 Å². The number of hydrogen-bond donors (Lipinski definition) is 1. The molecule has 1 N–H and O–H groups in total. The lowest BCUT2D eigenvalue weighted by atomic mass is 10.0. The fraction of sp³-hybridized carbons (Fsp3) is 0.278. The van der Waals surface area contributed by atoms with E-state index in [1.807, 2.05) is 38.6 Å². The third-order valence-electron chi connectivity index (χ3n) is 4.31. The first kappa shape index (κ1) is 16.5. The Morgan fingerprint density at radius 1 is 1.29 bits per heavy atom. The predicted octanol–water partition coefficient (Wildman–Crippen LogP) is 3.73. The van der Waals surface area contributed by atoms with Gasteiger partial charge in [-0.05, 0) is 45.0 Å². The molecule has 6 heteroatoms. The van der Waals surface area contributed by atoms with Crippen molar-refractivity contribution >= 4 is 28.4 Å². The standard InChI is InChI=1S/C18H19ClN4O/c1-10(16-11(2)22-23(4)12(16)3)21-18(24)14-7-8-15(19)13-6-5-9-20-17(13)14/h5-10H,1-4H3,(H,21,24). The summed E-state index contributed by atoms with van der Waals surface area (Å²) in [6.07, 6.45) is 1.66. The van der Waals surface area contributed by atoms with Crippen LogP contribution in [-0.4, -0.2) is 20.7 Å². The van der Waals surface area contributed by atoms with Crippen molar-refractivity contribution in [3.05, 3.63) is 58.0 Å². The van der Waals surface area contributed by atoms with Crippen LogP contribution in [0.2, 0.25) is 5.02 Å². The van der Waals surface area contributed by atoms with Gasteiger partial charge in [0.25, 0.3) is 5.91 Å². The number of benzene rings is 1. The van der Waals surface area contributed by atoms with Crippen molar-refractivity contribution in [3.63, 3.8) is 0 Å². The molecule has 0 spiro atoms. The van der Waals surface area contributed by atoms with Crippen molar-refractivity contribution in [1.29, 1.82) is 0 Å². The number of amides is 1. The predicted molar refractivity (Wildman–Crippen MR) is 95.3 cm³/mol. The van der Waals surface area contributed by atoms with Crippen LogP contribution in [0.3, 0.4) is 0 Å². The fourth-order valence-electron chi connectivity index (χ4n) is 3.08. The van der Waals surface area contributed by atoms with Gasteiger partial charge in [0.05, 0.1) is 27.8 Å². The molecule has 1 aromatic carbocycles. The van der Waals surface area contributed by atoms with Crippen LogP contribution in [0.5, 0.6) is 0 Å². The van der Waals surface area contributed by atoms with Crippen LogP contribution in [0, 0.1) is 13.8 Å². The van der Waals surface area contributed by atoms with E-state index in [1.54, 1.807) is 24.4 Å².